The average molecular weight is 498 g/mol. The molecule has 33 heavy (non-hydrogen) atoms. The maximum absolute atomic E-state index is 13.8. The summed E-state index contributed by atoms with van der Waals surface area (Å²) in [6, 6.07) is 7.45. The summed E-state index contributed by atoms with van der Waals surface area (Å²) in [7, 11) is 0. The van der Waals surface area contributed by atoms with Gasteiger partial charge in [0.25, 0.3) is 0 Å². The fourth-order valence-corrected chi connectivity index (χ4v) is 2.96. The fourth-order valence-electron chi connectivity index (χ4n) is 2.83. The van der Waals surface area contributed by atoms with E-state index in [1.165, 1.54) is 6.20 Å². The van der Waals surface area contributed by atoms with Crippen LogP contribution in [0.4, 0.5) is 26.3 Å². The van der Waals surface area contributed by atoms with Crippen molar-refractivity contribution >= 4 is 17.2 Å². The van der Waals surface area contributed by atoms with E-state index in [0.29, 0.717) is 10.8 Å². The lowest BCUT2D eigenvalue weighted by Gasteiger charge is -2.27. The predicted octanol–water partition coefficient (Wildman–Crippen LogP) is 5.72. The van der Waals surface area contributed by atoms with Crippen molar-refractivity contribution in [2.24, 2.45) is 0 Å². The molecule has 13 heteroatoms. The monoisotopic (exact) mass is 497 g/mol. The third kappa shape index (κ3) is 6.64. The summed E-state index contributed by atoms with van der Waals surface area (Å²) in [6.07, 6.45) is -8.30. The molecule has 3 aromatic rings. The summed E-state index contributed by atoms with van der Waals surface area (Å²) in [4.78, 5) is 0. The average Bonchev–Trinajstić information content (AvgIpc) is 3.09. The van der Waals surface area contributed by atoms with Gasteiger partial charge in [0.2, 0.25) is 0 Å². The van der Waals surface area contributed by atoms with Crippen molar-refractivity contribution in [2.75, 3.05) is 13.2 Å². The normalized spacial score (nSPS) is 12.9. The molecule has 0 bridgehead atoms. The van der Waals surface area contributed by atoms with Crippen molar-refractivity contribution in [3.8, 4) is 11.5 Å². The van der Waals surface area contributed by atoms with E-state index in [0.717, 1.165) is 10.5 Å². The molecule has 3 rings (SSSR count). The van der Waals surface area contributed by atoms with Gasteiger partial charge in [0.05, 0.1) is 0 Å². The number of ether oxygens (including phenoxy) is 3. The van der Waals surface area contributed by atoms with Crippen LogP contribution in [0.1, 0.15) is 25.2 Å². The zero-order valence-corrected chi connectivity index (χ0v) is 18.1. The molecule has 0 saturated carbocycles. The van der Waals surface area contributed by atoms with Crippen LogP contribution < -0.4 is 9.47 Å². The number of rotatable bonds is 8. The van der Waals surface area contributed by atoms with Crippen LogP contribution in [0.3, 0.4) is 0 Å². The Morgan fingerprint density at radius 2 is 1.61 bits per heavy atom. The maximum atomic E-state index is 13.8. The van der Waals surface area contributed by atoms with E-state index in [-0.39, 0.29) is 12.4 Å². The van der Waals surface area contributed by atoms with Crippen molar-refractivity contribution in [2.45, 2.75) is 38.4 Å². The van der Waals surface area contributed by atoms with Crippen molar-refractivity contribution in [3.05, 3.63) is 52.9 Å². The number of alkyl halides is 6. The van der Waals surface area contributed by atoms with Gasteiger partial charge in [-0.1, -0.05) is 11.6 Å². The molecule has 0 aliphatic rings. The van der Waals surface area contributed by atoms with Gasteiger partial charge >= 0.3 is 12.4 Å². The first-order valence-electron chi connectivity index (χ1n) is 9.41. The molecular formula is C20H18ClF6N3O3. The molecule has 0 unspecified atom stereocenters. The Morgan fingerprint density at radius 3 is 2.21 bits per heavy atom. The van der Waals surface area contributed by atoms with E-state index in [9.17, 15) is 26.3 Å². The Kier molecular flexibility index (Phi) is 6.99. The third-order valence-corrected chi connectivity index (χ3v) is 4.43. The Bertz CT molecular complexity index is 1100. The largest absolute Gasteiger partial charge is 0.489 e. The lowest BCUT2D eigenvalue weighted by molar-refractivity contribution is -0.177. The van der Waals surface area contributed by atoms with E-state index in [2.05, 4.69) is 14.9 Å². The van der Waals surface area contributed by atoms with Crippen molar-refractivity contribution in [1.82, 2.24) is 14.6 Å². The van der Waals surface area contributed by atoms with Gasteiger partial charge in [-0.2, -0.15) is 26.3 Å². The molecule has 0 aliphatic carbocycles. The number of aromatic nitrogens is 3. The summed E-state index contributed by atoms with van der Waals surface area (Å²) in [5.74, 6) is -0.309. The number of hydrogen-bond acceptors (Lipinski definition) is 5. The predicted molar refractivity (Wildman–Crippen MR) is 105 cm³/mol. The topological polar surface area (TPSA) is 57.9 Å². The number of nitrogens with zero attached hydrogens (tertiary/aromatic N) is 3. The molecule has 1 aromatic carbocycles. The second-order valence-corrected chi connectivity index (χ2v) is 8.01. The molecule has 0 fully saturated rings. The van der Waals surface area contributed by atoms with E-state index in [1.54, 1.807) is 38.1 Å². The quantitative estimate of drug-likeness (QED) is 0.373. The van der Waals surface area contributed by atoms with Gasteiger partial charge in [-0.25, -0.2) is 0 Å². The molecule has 6 nitrogen and oxygen atoms in total. The summed E-state index contributed by atoms with van der Waals surface area (Å²) in [6.45, 7) is 0.740. The van der Waals surface area contributed by atoms with Crippen LogP contribution in [-0.4, -0.2) is 39.6 Å². The smallest absolute Gasteiger partial charge is 0.423 e. The standard InChI is InChI=1S/C20H18ClF6N3O3/c1-18(2,33-13-5-3-12(21)4-6-13)10-32-14-7-8-30-15(9-31-11-19(22,23)24)28-29-17(30)16(14)20(25,26)27/h3-8H,9-11H2,1-2H3. The third-order valence-electron chi connectivity index (χ3n) is 4.17. The molecule has 0 saturated heterocycles. The Hall–Kier alpha value is -2.73. The van der Waals surface area contributed by atoms with Crippen LogP contribution >= 0.6 is 11.6 Å². The highest BCUT2D eigenvalue weighted by Gasteiger charge is 2.39. The highest BCUT2D eigenvalue weighted by molar-refractivity contribution is 6.30. The Morgan fingerprint density at radius 1 is 0.939 bits per heavy atom. The van der Waals surface area contributed by atoms with Crippen LogP contribution in [0.15, 0.2) is 36.5 Å². The SMILES string of the molecule is CC(C)(COc1ccn2c(COCC(F)(F)F)nnc2c1C(F)(F)F)Oc1ccc(Cl)cc1. The lowest BCUT2D eigenvalue weighted by atomic mass is 10.1. The molecule has 0 N–H and O–H groups in total. The lowest BCUT2D eigenvalue weighted by Crippen LogP contribution is -2.35. The molecule has 0 radical (unpaired) electrons. The molecule has 2 aromatic heterocycles. The first kappa shape index (κ1) is 24.9. The van der Waals surface area contributed by atoms with Gasteiger partial charge < -0.3 is 14.2 Å². The molecule has 0 spiro atoms. The minimum Gasteiger partial charge on any atom is -0.489 e. The van der Waals surface area contributed by atoms with E-state index < -0.39 is 48.1 Å². The summed E-state index contributed by atoms with van der Waals surface area (Å²) < 4.78 is 94.8. The van der Waals surface area contributed by atoms with Gasteiger partial charge in [0.15, 0.2) is 11.5 Å². The van der Waals surface area contributed by atoms with Crippen LogP contribution in [0, 0.1) is 0 Å². The molecular weight excluding hydrogens is 480 g/mol. The highest BCUT2D eigenvalue weighted by Crippen LogP contribution is 2.39. The van der Waals surface area contributed by atoms with Gasteiger partial charge in [0, 0.05) is 11.2 Å². The van der Waals surface area contributed by atoms with Gasteiger partial charge in [0.1, 0.15) is 42.5 Å². The molecule has 180 valence electrons. The van der Waals surface area contributed by atoms with Crippen molar-refractivity contribution in [3.63, 3.8) is 0 Å². The number of halogens is 7. The summed E-state index contributed by atoms with van der Waals surface area (Å²) in [5, 5.41) is 7.52. The Labute approximate surface area is 189 Å². The van der Waals surface area contributed by atoms with Crippen molar-refractivity contribution < 1.29 is 40.6 Å². The van der Waals surface area contributed by atoms with Crippen LogP contribution in [0.5, 0.6) is 11.5 Å². The van der Waals surface area contributed by atoms with Crippen molar-refractivity contribution in [1.29, 1.82) is 0 Å². The number of hydrogen-bond donors (Lipinski definition) is 0. The minimum atomic E-state index is -4.88. The zero-order valence-electron chi connectivity index (χ0n) is 17.3. The maximum Gasteiger partial charge on any atom is 0.423 e. The molecule has 2 heterocycles. The van der Waals surface area contributed by atoms with Gasteiger partial charge in [-0.3, -0.25) is 4.40 Å². The second kappa shape index (κ2) is 9.26. The van der Waals surface area contributed by atoms with E-state index in [4.69, 9.17) is 21.1 Å². The summed E-state index contributed by atoms with van der Waals surface area (Å²) in [5.41, 5.74) is -2.86. The number of pyridine rings is 1. The fraction of sp³-hybridized carbons (Fsp3) is 0.400. The van der Waals surface area contributed by atoms with E-state index in [1.807, 2.05) is 0 Å². The number of benzene rings is 1. The second-order valence-electron chi connectivity index (χ2n) is 7.57. The van der Waals surface area contributed by atoms with Crippen LogP contribution in [0.2, 0.25) is 5.02 Å². The Balaban J connectivity index is 1.81. The summed E-state index contributed by atoms with van der Waals surface area (Å²) >= 11 is 5.82. The molecule has 0 amide bonds. The van der Waals surface area contributed by atoms with Crippen LogP contribution in [0.25, 0.3) is 5.65 Å². The minimum absolute atomic E-state index is 0.224. The van der Waals surface area contributed by atoms with E-state index >= 15 is 0 Å². The van der Waals surface area contributed by atoms with Gasteiger partial charge in [-0.15, -0.1) is 10.2 Å². The van der Waals surface area contributed by atoms with Gasteiger partial charge in [-0.05, 0) is 44.2 Å². The zero-order chi connectivity index (χ0) is 24.4. The highest BCUT2D eigenvalue weighted by atomic mass is 35.5. The molecule has 0 atom stereocenters. The first-order valence-corrected chi connectivity index (χ1v) is 9.79. The number of fused-ring (bicyclic) bond motifs is 1. The van der Waals surface area contributed by atoms with Crippen LogP contribution in [-0.2, 0) is 17.5 Å². The first-order chi connectivity index (χ1) is 15.3. The molecule has 0 aliphatic heterocycles.